The molecule has 1 atom stereocenters. The van der Waals surface area contributed by atoms with E-state index in [4.69, 9.17) is 5.26 Å². The second kappa shape index (κ2) is 6.31. The van der Waals surface area contributed by atoms with Gasteiger partial charge >= 0.3 is 0 Å². The Kier molecular flexibility index (Phi) is 4.99. The summed E-state index contributed by atoms with van der Waals surface area (Å²) in [5.41, 5.74) is 1.42. The summed E-state index contributed by atoms with van der Waals surface area (Å²) in [4.78, 5) is 3.92. The van der Waals surface area contributed by atoms with Crippen LogP contribution in [-0.4, -0.2) is 23.5 Å². The summed E-state index contributed by atoms with van der Waals surface area (Å²) in [7, 11) is 0. The average molecular weight is 221 g/mol. The number of aromatic nitrogens is 1. The van der Waals surface area contributed by atoms with Crippen molar-refractivity contribution in [2.45, 2.75) is 6.92 Å². The van der Waals surface area contributed by atoms with Crippen LogP contribution in [0, 0.1) is 17.2 Å². The molecule has 0 aliphatic rings. The normalized spacial score (nSPS) is 11.8. The Morgan fingerprint density at radius 2 is 2.47 bits per heavy atom. The highest BCUT2D eigenvalue weighted by Crippen LogP contribution is 2.10. The lowest BCUT2D eigenvalue weighted by atomic mass is 10.2. The summed E-state index contributed by atoms with van der Waals surface area (Å²) in [5.74, 6) is 1.77. The molecule has 1 unspecified atom stereocenters. The number of hydrogen-bond donors (Lipinski definition) is 1. The molecule has 15 heavy (non-hydrogen) atoms. The zero-order chi connectivity index (χ0) is 11.1. The standard InChI is InChI=1S/C11H15N3S/c1-9(8-15-2)7-14-10-3-4-13-11(5-10)6-12/h3-5,9H,7-8H2,1-2H3,(H,13,14). The van der Waals surface area contributed by atoms with E-state index in [0.717, 1.165) is 18.0 Å². The summed E-state index contributed by atoms with van der Waals surface area (Å²) >= 11 is 1.85. The van der Waals surface area contributed by atoms with Gasteiger partial charge in [0.15, 0.2) is 0 Å². The summed E-state index contributed by atoms with van der Waals surface area (Å²) in [5, 5.41) is 12.0. The van der Waals surface area contributed by atoms with Gasteiger partial charge in [-0.05, 0) is 30.1 Å². The average Bonchev–Trinajstić information content (AvgIpc) is 2.27. The van der Waals surface area contributed by atoms with E-state index in [1.54, 1.807) is 12.3 Å². The van der Waals surface area contributed by atoms with Crippen molar-refractivity contribution in [3.05, 3.63) is 24.0 Å². The largest absolute Gasteiger partial charge is 0.385 e. The molecular formula is C11H15N3S. The minimum atomic E-state index is 0.456. The maximum absolute atomic E-state index is 8.68. The van der Waals surface area contributed by atoms with Gasteiger partial charge in [0, 0.05) is 18.4 Å². The Balaban J connectivity index is 2.47. The first-order chi connectivity index (χ1) is 7.26. The van der Waals surface area contributed by atoms with Crippen LogP contribution in [0.2, 0.25) is 0 Å². The van der Waals surface area contributed by atoms with Crippen molar-refractivity contribution in [3.63, 3.8) is 0 Å². The molecule has 3 nitrogen and oxygen atoms in total. The van der Waals surface area contributed by atoms with Gasteiger partial charge in [0.05, 0.1) is 0 Å². The van der Waals surface area contributed by atoms with Gasteiger partial charge in [-0.2, -0.15) is 17.0 Å². The SMILES string of the molecule is CSCC(C)CNc1ccnc(C#N)c1. The molecule has 1 aromatic rings. The highest BCUT2D eigenvalue weighted by molar-refractivity contribution is 7.98. The molecule has 0 aromatic carbocycles. The molecule has 80 valence electrons. The van der Waals surface area contributed by atoms with Crippen LogP contribution in [0.3, 0.4) is 0 Å². The minimum Gasteiger partial charge on any atom is -0.385 e. The molecule has 1 rings (SSSR count). The fourth-order valence-electron chi connectivity index (χ4n) is 1.24. The Labute approximate surface area is 94.9 Å². The first kappa shape index (κ1) is 11.9. The number of nitrogens with zero attached hydrogens (tertiary/aromatic N) is 2. The molecule has 0 amide bonds. The third kappa shape index (κ3) is 4.22. The van der Waals surface area contributed by atoms with E-state index in [2.05, 4.69) is 23.5 Å². The summed E-state index contributed by atoms with van der Waals surface area (Å²) in [6, 6.07) is 5.68. The van der Waals surface area contributed by atoms with Crippen LogP contribution in [0.1, 0.15) is 12.6 Å². The van der Waals surface area contributed by atoms with Gasteiger partial charge in [-0.25, -0.2) is 4.98 Å². The number of thioether (sulfide) groups is 1. The second-order valence-corrected chi connectivity index (χ2v) is 4.39. The van der Waals surface area contributed by atoms with Crippen molar-refractivity contribution in [1.82, 2.24) is 4.98 Å². The van der Waals surface area contributed by atoms with Crippen LogP contribution < -0.4 is 5.32 Å². The van der Waals surface area contributed by atoms with Gasteiger partial charge in [0.2, 0.25) is 0 Å². The maximum Gasteiger partial charge on any atom is 0.142 e. The van der Waals surface area contributed by atoms with E-state index in [1.807, 2.05) is 23.9 Å². The molecule has 1 N–H and O–H groups in total. The Hall–Kier alpha value is -1.21. The molecule has 0 bridgehead atoms. The number of anilines is 1. The zero-order valence-corrected chi connectivity index (χ0v) is 9.84. The smallest absolute Gasteiger partial charge is 0.142 e. The predicted octanol–water partition coefficient (Wildman–Crippen LogP) is 2.36. The number of hydrogen-bond acceptors (Lipinski definition) is 4. The summed E-state index contributed by atoms with van der Waals surface area (Å²) < 4.78 is 0. The number of nitriles is 1. The summed E-state index contributed by atoms with van der Waals surface area (Å²) in [6.45, 7) is 3.13. The van der Waals surface area contributed by atoms with Crippen LogP contribution >= 0.6 is 11.8 Å². The predicted molar refractivity (Wildman–Crippen MR) is 65.0 cm³/mol. The Morgan fingerprint density at radius 3 is 3.13 bits per heavy atom. The van der Waals surface area contributed by atoms with E-state index >= 15 is 0 Å². The molecule has 0 radical (unpaired) electrons. The fraction of sp³-hybridized carbons (Fsp3) is 0.455. The molecule has 1 heterocycles. The van der Waals surface area contributed by atoms with Gasteiger partial charge in [0.25, 0.3) is 0 Å². The van der Waals surface area contributed by atoms with Gasteiger partial charge in [0.1, 0.15) is 11.8 Å². The molecule has 0 spiro atoms. The van der Waals surface area contributed by atoms with Crippen LogP contribution in [0.4, 0.5) is 5.69 Å². The molecule has 0 saturated heterocycles. The van der Waals surface area contributed by atoms with E-state index in [-0.39, 0.29) is 0 Å². The minimum absolute atomic E-state index is 0.456. The van der Waals surface area contributed by atoms with E-state index < -0.39 is 0 Å². The lowest BCUT2D eigenvalue weighted by Crippen LogP contribution is -2.13. The van der Waals surface area contributed by atoms with Gasteiger partial charge in [-0.15, -0.1) is 0 Å². The van der Waals surface area contributed by atoms with Crippen molar-refractivity contribution in [1.29, 1.82) is 5.26 Å². The van der Waals surface area contributed by atoms with Crippen molar-refractivity contribution in [3.8, 4) is 6.07 Å². The lowest BCUT2D eigenvalue weighted by molar-refractivity contribution is 0.701. The van der Waals surface area contributed by atoms with Crippen molar-refractivity contribution in [2.75, 3.05) is 23.9 Å². The second-order valence-electron chi connectivity index (χ2n) is 3.48. The number of rotatable bonds is 5. The third-order valence-corrected chi connectivity index (χ3v) is 2.88. The Bertz CT molecular complexity index is 346. The highest BCUT2D eigenvalue weighted by atomic mass is 32.2. The molecule has 0 fully saturated rings. The van der Waals surface area contributed by atoms with Gasteiger partial charge in [-0.3, -0.25) is 0 Å². The van der Waals surface area contributed by atoms with Crippen molar-refractivity contribution in [2.24, 2.45) is 5.92 Å². The van der Waals surface area contributed by atoms with Crippen LogP contribution in [0.5, 0.6) is 0 Å². The number of pyridine rings is 1. The molecule has 0 saturated carbocycles. The molecule has 4 heteroatoms. The third-order valence-electron chi connectivity index (χ3n) is 1.98. The first-order valence-corrected chi connectivity index (χ1v) is 6.24. The van der Waals surface area contributed by atoms with Crippen LogP contribution in [0.25, 0.3) is 0 Å². The quantitative estimate of drug-likeness (QED) is 0.829. The number of nitrogens with one attached hydrogen (secondary N) is 1. The molecule has 0 aliphatic carbocycles. The lowest BCUT2D eigenvalue weighted by Gasteiger charge is -2.11. The van der Waals surface area contributed by atoms with E-state index in [9.17, 15) is 0 Å². The van der Waals surface area contributed by atoms with Crippen molar-refractivity contribution >= 4 is 17.4 Å². The van der Waals surface area contributed by atoms with E-state index in [1.165, 1.54) is 0 Å². The van der Waals surface area contributed by atoms with Gasteiger partial charge in [-0.1, -0.05) is 6.92 Å². The fourth-order valence-corrected chi connectivity index (χ4v) is 1.92. The molecule has 1 aromatic heterocycles. The molecule has 0 aliphatic heterocycles. The van der Waals surface area contributed by atoms with Gasteiger partial charge < -0.3 is 5.32 Å². The first-order valence-electron chi connectivity index (χ1n) is 4.85. The topological polar surface area (TPSA) is 48.7 Å². The zero-order valence-electron chi connectivity index (χ0n) is 9.03. The van der Waals surface area contributed by atoms with Crippen molar-refractivity contribution < 1.29 is 0 Å². The summed E-state index contributed by atoms with van der Waals surface area (Å²) in [6.07, 6.45) is 3.76. The van der Waals surface area contributed by atoms with Crippen LogP contribution in [-0.2, 0) is 0 Å². The molecular weight excluding hydrogens is 206 g/mol. The monoisotopic (exact) mass is 221 g/mol. The highest BCUT2D eigenvalue weighted by Gasteiger charge is 2.01. The van der Waals surface area contributed by atoms with E-state index in [0.29, 0.717) is 11.6 Å². The Morgan fingerprint density at radius 1 is 1.67 bits per heavy atom. The maximum atomic E-state index is 8.68. The van der Waals surface area contributed by atoms with Crippen LogP contribution in [0.15, 0.2) is 18.3 Å².